The number of ether oxygens (including phenoxy) is 2. The van der Waals surface area contributed by atoms with E-state index in [4.69, 9.17) is 9.47 Å². The number of nitrogens with one attached hydrogen (secondary N) is 2. The first-order chi connectivity index (χ1) is 13.5. The number of carbonyl (C=O) groups is 2. The lowest BCUT2D eigenvalue weighted by Crippen LogP contribution is -2.45. The minimum atomic E-state index is -0.517. The number of anilines is 2. The zero-order chi connectivity index (χ0) is 20.1. The number of para-hydroxylation sites is 1. The number of nitrogens with zero attached hydrogens (tertiary/aromatic N) is 1. The average Bonchev–Trinajstić information content (AvgIpc) is 3.20. The highest BCUT2D eigenvalue weighted by Crippen LogP contribution is 2.30. The van der Waals surface area contributed by atoms with E-state index in [1.165, 1.54) is 7.11 Å². The van der Waals surface area contributed by atoms with Gasteiger partial charge in [0.15, 0.2) is 11.5 Å². The number of methoxy groups -OCH3 is 2. The fraction of sp³-hybridized carbons (Fsp3) is 0.333. The Labute approximate surface area is 164 Å². The van der Waals surface area contributed by atoms with Crippen molar-refractivity contribution in [3.8, 4) is 11.5 Å². The second-order valence-electron chi connectivity index (χ2n) is 6.66. The Morgan fingerprint density at radius 3 is 2.50 bits per heavy atom. The van der Waals surface area contributed by atoms with Crippen LogP contribution in [0.25, 0.3) is 0 Å². The van der Waals surface area contributed by atoms with Crippen LogP contribution in [0, 0.1) is 6.92 Å². The molecule has 1 saturated heterocycles. The fourth-order valence-electron chi connectivity index (χ4n) is 3.32. The number of carbonyl (C=O) groups excluding carboxylic acids is 2. The fourth-order valence-corrected chi connectivity index (χ4v) is 3.32. The van der Waals surface area contributed by atoms with Crippen LogP contribution in [-0.2, 0) is 4.79 Å². The van der Waals surface area contributed by atoms with Gasteiger partial charge in [-0.2, -0.15) is 0 Å². The summed E-state index contributed by atoms with van der Waals surface area (Å²) in [6, 6.07) is 12.0. The highest BCUT2D eigenvalue weighted by Gasteiger charge is 2.34. The van der Waals surface area contributed by atoms with Gasteiger partial charge in [0.1, 0.15) is 6.04 Å². The van der Waals surface area contributed by atoms with Crippen molar-refractivity contribution < 1.29 is 19.1 Å². The molecule has 0 unspecified atom stereocenters. The van der Waals surface area contributed by atoms with E-state index in [1.807, 2.05) is 31.2 Å². The molecule has 0 aromatic heterocycles. The lowest BCUT2D eigenvalue weighted by Gasteiger charge is -2.24. The molecule has 7 nitrogen and oxygen atoms in total. The lowest BCUT2D eigenvalue weighted by molar-refractivity contribution is -0.119. The quantitative estimate of drug-likeness (QED) is 0.826. The molecule has 0 saturated carbocycles. The summed E-state index contributed by atoms with van der Waals surface area (Å²) in [5, 5.41) is 5.78. The van der Waals surface area contributed by atoms with Crippen LogP contribution in [0.5, 0.6) is 11.5 Å². The maximum atomic E-state index is 12.8. The molecule has 0 radical (unpaired) electrons. The van der Waals surface area contributed by atoms with Crippen LogP contribution in [0.15, 0.2) is 42.5 Å². The van der Waals surface area contributed by atoms with E-state index in [1.54, 1.807) is 30.2 Å². The Morgan fingerprint density at radius 1 is 1.04 bits per heavy atom. The maximum Gasteiger partial charge on any atom is 0.322 e. The summed E-state index contributed by atoms with van der Waals surface area (Å²) in [6.07, 6.45) is 1.41. The van der Waals surface area contributed by atoms with Crippen molar-refractivity contribution in [2.24, 2.45) is 0 Å². The normalized spacial score (nSPS) is 15.8. The summed E-state index contributed by atoms with van der Waals surface area (Å²) < 4.78 is 10.5. The molecule has 0 aliphatic carbocycles. The van der Waals surface area contributed by atoms with Gasteiger partial charge in [-0.3, -0.25) is 4.79 Å². The minimum Gasteiger partial charge on any atom is -0.493 e. The van der Waals surface area contributed by atoms with Crippen molar-refractivity contribution in [3.63, 3.8) is 0 Å². The smallest absolute Gasteiger partial charge is 0.322 e. The Morgan fingerprint density at radius 2 is 1.79 bits per heavy atom. The molecule has 3 rings (SSSR count). The van der Waals surface area contributed by atoms with Gasteiger partial charge >= 0.3 is 6.03 Å². The Balaban J connectivity index is 1.69. The van der Waals surface area contributed by atoms with Crippen molar-refractivity contribution in [1.29, 1.82) is 0 Å². The molecule has 2 aromatic rings. The molecular formula is C21H25N3O4. The van der Waals surface area contributed by atoms with Crippen LogP contribution < -0.4 is 20.1 Å². The molecule has 2 aromatic carbocycles. The first-order valence-corrected chi connectivity index (χ1v) is 9.19. The molecule has 1 atom stereocenters. The molecule has 3 amide bonds. The van der Waals surface area contributed by atoms with E-state index >= 15 is 0 Å². The van der Waals surface area contributed by atoms with Gasteiger partial charge in [-0.25, -0.2) is 4.79 Å². The lowest BCUT2D eigenvalue weighted by atomic mass is 10.2. The average molecular weight is 383 g/mol. The van der Waals surface area contributed by atoms with Crippen LogP contribution in [-0.4, -0.2) is 43.6 Å². The van der Waals surface area contributed by atoms with Gasteiger partial charge in [-0.1, -0.05) is 18.2 Å². The summed E-state index contributed by atoms with van der Waals surface area (Å²) in [5.74, 6) is 0.895. The van der Waals surface area contributed by atoms with Gasteiger partial charge in [0.25, 0.3) is 0 Å². The van der Waals surface area contributed by atoms with Crippen molar-refractivity contribution in [2.45, 2.75) is 25.8 Å². The second-order valence-corrected chi connectivity index (χ2v) is 6.66. The SMILES string of the molecule is COc1ccc(NC(=O)[C@@H]2CCCN2C(=O)Nc2ccccc2C)cc1OC. The van der Waals surface area contributed by atoms with Gasteiger partial charge in [-0.05, 0) is 43.5 Å². The molecular weight excluding hydrogens is 358 g/mol. The number of hydrogen-bond acceptors (Lipinski definition) is 4. The van der Waals surface area contributed by atoms with Gasteiger partial charge in [0.05, 0.1) is 14.2 Å². The predicted molar refractivity (Wildman–Crippen MR) is 108 cm³/mol. The Kier molecular flexibility index (Phi) is 6.03. The van der Waals surface area contributed by atoms with Crippen LogP contribution in [0.1, 0.15) is 18.4 Å². The van der Waals surface area contributed by atoms with Crippen LogP contribution in [0.3, 0.4) is 0 Å². The minimum absolute atomic E-state index is 0.218. The van der Waals surface area contributed by atoms with E-state index in [2.05, 4.69) is 10.6 Å². The molecule has 0 bridgehead atoms. The number of urea groups is 1. The van der Waals surface area contributed by atoms with E-state index in [0.29, 0.717) is 30.2 Å². The third-order valence-electron chi connectivity index (χ3n) is 4.85. The summed E-state index contributed by atoms with van der Waals surface area (Å²) >= 11 is 0. The van der Waals surface area contributed by atoms with E-state index in [-0.39, 0.29) is 11.9 Å². The van der Waals surface area contributed by atoms with Crippen molar-refractivity contribution >= 4 is 23.3 Å². The first-order valence-electron chi connectivity index (χ1n) is 9.19. The van der Waals surface area contributed by atoms with Gasteiger partial charge in [-0.15, -0.1) is 0 Å². The first kappa shape index (κ1) is 19.5. The third-order valence-corrected chi connectivity index (χ3v) is 4.85. The van der Waals surface area contributed by atoms with Crippen molar-refractivity contribution in [2.75, 3.05) is 31.4 Å². The number of benzene rings is 2. The molecule has 7 heteroatoms. The van der Waals surface area contributed by atoms with Crippen molar-refractivity contribution in [1.82, 2.24) is 4.90 Å². The molecule has 148 valence electrons. The largest absolute Gasteiger partial charge is 0.493 e. The molecule has 28 heavy (non-hydrogen) atoms. The zero-order valence-electron chi connectivity index (χ0n) is 16.3. The summed E-state index contributed by atoms with van der Waals surface area (Å²) in [6.45, 7) is 2.47. The highest BCUT2D eigenvalue weighted by molar-refractivity contribution is 6.00. The second kappa shape index (κ2) is 8.65. The number of likely N-dealkylation sites (tertiary alicyclic amines) is 1. The zero-order valence-corrected chi connectivity index (χ0v) is 16.3. The molecule has 0 spiro atoms. The molecule has 1 heterocycles. The number of rotatable bonds is 5. The van der Waals surface area contributed by atoms with Crippen molar-refractivity contribution in [3.05, 3.63) is 48.0 Å². The van der Waals surface area contributed by atoms with E-state index in [9.17, 15) is 9.59 Å². The molecule has 1 aliphatic heterocycles. The van der Waals surface area contributed by atoms with E-state index < -0.39 is 6.04 Å². The van der Waals surface area contributed by atoms with Crippen LogP contribution in [0.2, 0.25) is 0 Å². The van der Waals surface area contributed by atoms with Gasteiger partial charge in [0, 0.05) is 24.0 Å². The predicted octanol–water partition coefficient (Wildman–Crippen LogP) is 3.65. The third kappa shape index (κ3) is 4.19. The Bertz CT molecular complexity index is 868. The number of hydrogen-bond donors (Lipinski definition) is 2. The standard InChI is InChI=1S/C21H25N3O4/c1-14-7-4-5-8-16(14)23-21(26)24-12-6-9-17(24)20(25)22-15-10-11-18(27-2)19(13-15)28-3/h4-5,7-8,10-11,13,17H,6,9,12H2,1-3H3,(H,22,25)(H,23,26)/t17-/m0/s1. The maximum absolute atomic E-state index is 12.8. The Hall–Kier alpha value is -3.22. The molecule has 1 fully saturated rings. The highest BCUT2D eigenvalue weighted by atomic mass is 16.5. The molecule has 2 N–H and O–H groups in total. The van der Waals surface area contributed by atoms with Crippen LogP contribution >= 0.6 is 0 Å². The summed E-state index contributed by atoms with van der Waals surface area (Å²) in [4.78, 5) is 27.1. The monoisotopic (exact) mass is 383 g/mol. The summed E-state index contributed by atoms with van der Waals surface area (Å²) in [5.41, 5.74) is 2.31. The summed E-state index contributed by atoms with van der Waals surface area (Å²) in [7, 11) is 3.09. The van der Waals surface area contributed by atoms with Gasteiger partial charge in [0.2, 0.25) is 5.91 Å². The van der Waals surface area contributed by atoms with Gasteiger partial charge < -0.3 is 25.0 Å². The topological polar surface area (TPSA) is 79.9 Å². The van der Waals surface area contributed by atoms with Crippen LogP contribution in [0.4, 0.5) is 16.2 Å². The molecule has 1 aliphatic rings. The number of amides is 3. The van der Waals surface area contributed by atoms with E-state index in [0.717, 1.165) is 17.7 Å². The number of aryl methyl sites for hydroxylation is 1.